The van der Waals surface area contributed by atoms with Gasteiger partial charge >= 0.3 is 0 Å². The summed E-state index contributed by atoms with van der Waals surface area (Å²) in [4.78, 5) is 36.7. The smallest absolute Gasteiger partial charge is 0.254 e. The molecule has 3 aromatic heterocycles. The predicted molar refractivity (Wildman–Crippen MR) is 150 cm³/mol. The summed E-state index contributed by atoms with van der Waals surface area (Å²) in [6, 6.07) is 9.05. The number of aromatic nitrogens is 4. The number of hydrogen-bond acceptors (Lipinski definition) is 7. The number of thiazole rings is 1. The number of aryl methyl sites for hydroxylation is 1. The first kappa shape index (κ1) is 25.3. The molecular weight excluding hydrogens is 536 g/mol. The van der Waals surface area contributed by atoms with Gasteiger partial charge in [0.25, 0.3) is 5.91 Å². The number of amides is 2. The highest BCUT2D eigenvalue weighted by molar-refractivity contribution is 7.19. The van der Waals surface area contributed by atoms with Crippen molar-refractivity contribution in [2.75, 3.05) is 18.5 Å². The quantitative estimate of drug-likeness (QED) is 0.371. The van der Waals surface area contributed by atoms with Crippen LogP contribution in [0.2, 0.25) is 5.02 Å². The molecule has 1 saturated heterocycles. The number of nitrogens with one attached hydrogen (secondary N) is 1. The number of benzene rings is 1. The van der Waals surface area contributed by atoms with Crippen LogP contribution in [0.15, 0.2) is 55.1 Å². The van der Waals surface area contributed by atoms with Crippen LogP contribution in [0.5, 0.6) is 0 Å². The molecule has 2 aliphatic rings. The number of nitrogens with zero attached hydrogens (tertiary/aromatic N) is 5. The molecule has 0 radical (unpaired) electrons. The van der Waals surface area contributed by atoms with Crippen LogP contribution in [0.3, 0.4) is 0 Å². The average Bonchev–Trinajstić information content (AvgIpc) is 3.50. The van der Waals surface area contributed by atoms with Crippen molar-refractivity contribution < 1.29 is 14.3 Å². The Morgan fingerprint density at radius 2 is 2.10 bits per heavy atom. The Balaban J connectivity index is 1.46. The zero-order valence-electron chi connectivity index (χ0n) is 21.4. The van der Waals surface area contributed by atoms with Gasteiger partial charge in [-0.2, -0.15) is 5.10 Å². The molecule has 0 saturated carbocycles. The van der Waals surface area contributed by atoms with E-state index < -0.39 is 0 Å². The maximum absolute atomic E-state index is 13.3. The number of carbonyl (C=O) groups is 2. The molecule has 4 aromatic rings. The number of anilines is 1. The van der Waals surface area contributed by atoms with Gasteiger partial charge in [0.05, 0.1) is 45.3 Å². The van der Waals surface area contributed by atoms with Crippen molar-refractivity contribution in [2.24, 2.45) is 0 Å². The first-order valence-electron chi connectivity index (χ1n) is 12.5. The van der Waals surface area contributed by atoms with Gasteiger partial charge in [-0.1, -0.05) is 29.5 Å². The van der Waals surface area contributed by atoms with Gasteiger partial charge in [-0.25, -0.2) is 9.67 Å². The maximum Gasteiger partial charge on any atom is 0.254 e. The van der Waals surface area contributed by atoms with Crippen LogP contribution in [-0.2, 0) is 22.4 Å². The summed E-state index contributed by atoms with van der Waals surface area (Å²) in [6.07, 6.45) is 4.97. The number of hydrogen-bond donors (Lipinski definition) is 1. The molecule has 39 heavy (non-hydrogen) atoms. The van der Waals surface area contributed by atoms with E-state index >= 15 is 0 Å². The van der Waals surface area contributed by atoms with Crippen molar-refractivity contribution in [2.45, 2.75) is 32.7 Å². The van der Waals surface area contributed by atoms with Gasteiger partial charge in [-0.05, 0) is 50.1 Å². The van der Waals surface area contributed by atoms with Crippen molar-refractivity contribution in [3.05, 3.63) is 76.9 Å². The minimum absolute atomic E-state index is 0.0795. The molecule has 2 amide bonds. The molecule has 11 heteroatoms. The summed E-state index contributed by atoms with van der Waals surface area (Å²) in [7, 11) is 0. The second-order valence-corrected chi connectivity index (χ2v) is 11.0. The van der Waals surface area contributed by atoms with E-state index in [4.69, 9.17) is 21.4 Å². The summed E-state index contributed by atoms with van der Waals surface area (Å²) in [6.45, 7) is 8.02. The molecule has 1 unspecified atom stereocenters. The zero-order valence-corrected chi connectivity index (χ0v) is 23.0. The molecule has 1 atom stereocenters. The molecule has 1 aliphatic heterocycles. The Hall–Kier alpha value is -4.02. The van der Waals surface area contributed by atoms with Gasteiger partial charge in [0.15, 0.2) is 5.13 Å². The standard InChI is InChI=1S/C28H25ClN6O3S/c1-15-14-38-16(2)13-34(15)27(37)18-6-9-23(21(29)11-18)35-25-20(24(33-35)19-5-4-10-30-12-19)7-8-22-26(25)39-28(32-22)31-17(3)36/h4-6,9-12,15H,2,7-8,13-14H2,1,3H3,(H,31,32,36). The molecule has 1 aliphatic carbocycles. The van der Waals surface area contributed by atoms with Gasteiger partial charge in [-0.15, -0.1) is 0 Å². The van der Waals surface area contributed by atoms with Gasteiger partial charge in [0, 0.05) is 36.0 Å². The van der Waals surface area contributed by atoms with E-state index in [1.54, 1.807) is 29.4 Å². The topological polar surface area (TPSA) is 102 Å². The number of ether oxygens (including phenoxy) is 1. The highest BCUT2D eigenvalue weighted by Gasteiger charge is 2.31. The molecule has 4 heterocycles. The summed E-state index contributed by atoms with van der Waals surface area (Å²) in [5.41, 5.74) is 5.67. The molecule has 1 N–H and O–H groups in total. The third-order valence-corrected chi connectivity index (χ3v) is 8.14. The fourth-order valence-electron chi connectivity index (χ4n) is 4.95. The van der Waals surface area contributed by atoms with E-state index in [0.29, 0.717) is 40.3 Å². The fourth-order valence-corrected chi connectivity index (χ4v) is 6.33. The summed E-state index contributed by atoms with van der Waals surface area (Å²) >= 11 is 8.27. The molecule has 9 nitrogen and oxygen atoms in total. The fraction of sp³-hybridized carbons (Fsp3) is 0.250. The number of pyridine rings is 1. The largest absolute Gasteiger partial charge is 0.495 e. The van der Waals surface area contributed by atoms with Crippen molar-refractivity contribution in [3.63, 3.8) is 0 Å². The van der Waals surface area contributed by atoms with Gasteiger partial charge < -0.3 is 15.0 Å². The summed E-state index contributed by atoms with van der Waals surface area (Å²) < 4.78 is 7.31. The molecular formula is C28H25ClN6O3S. The van der Waals surface area contributed by atoms with E-state index in [1.807, 2.05) is 29.8 Å². The van der Waals surface area contributed by atoms with E-state index in [-0.39, 0.29) is 17.9 Å². The van der Waals surface area contributed by atoms with Crippen LogP contribution in [0, 0.1) is 0 Å². The van der Waals surface area contributed by atoms with Crippen LogP contribution < -0.4 is 5.32 Å². The number of rotatable bonds is 4. The van der Waals surface area contributed by atoms with E-state index in [0.717, 1.165) is 45.9 Å². The third kappa shape index (κ3) is 4.59. The first-order valence-corrected chi connectivity index (χ1v) is 13.7. The Bertz CT molecular complexity index is 1630. The normalized spacial score (nSPS) is 16.3. The monoisotopic (exact) mass is 560 g/mol. The molecule has 0 spiro atoms. The predicted octanol–water partition coefficient (Wildman–Crippen LogP) is 5.14. The third-order valence-electron chi connectivity index (χ3n) is 6.82. The first-order chi connectivity index (χ1) is 18.8. The Morgan fingerprint density at radius 3 is 2.85 bits per heavy atom. The lowest BCUT2D eigenvalue weighted by molar-refractivity contribution is -0.114. The molecule has 1 fully saturated rings. The number of morpholine rings is 1. The number of halogens is 1. The van der Waals surface area contributed by atoms with Crippen molar-refractivity contribution in [1.82, 2.24) is 24.6 Å². The lowest BCUT2D eigenvalue weighted by Gasteiger charge is -2.34. The highest BCUT2D eigenvalue weighted by Crippen LogP contribution is 2.44. The van der Waals surface area contributed by atoms with Crippen LogP contribution in [0.4, 0.5) is 5.13 Å². The Morgan fingerprint density at radius 1 is 1.26 bits per heavy atom. The minimum atomic E-state index is -0.174. The van der Waals surface area contributed by atoms with Crippen molar-refractivity contribution in [3.8, 4) is 27.5 Å². The SMILES string of the molecule is C=C1CN(C(=O)c2ccc(-n3nc(-c4cccnc4)c4c3-c3sc(NC(C)=O)nc3CC4)c(Cl)c2)C(C)CO1. The van der Waals surface area contributed by atoms with Crippen LogP contribution in [0.25, 0.3) is 27.5 Å². The molecule has 198 valence electrons. The van der Waals surface area contributed by atoms with Gasteiger partial charge in [0.2, 0.25) is 5.91 Å². The second kappa shape index (κ2) is 9.94. The highest BCUT2D eigenvalue weighted by atomic mass is 35.5. The molecule has 0 bridgehead atoms. The van der Waals surface area contributed by atoms with E-state index in [1.165, 1.54) is 18.3 Å². The number of carbonyl (C=O) groups excluding carboxylic acids is 2. The lowest BCUT2D eigenvalue weighted by Crippen LogP contribution is -2.46. The summed E-state index contributed by atoms with van der Waals surface area (Å²) in [5.74, 6) is 0.255. The van der Waals surface area contributed by atoms with E-state index in [9.17, 15) is 9.59 Å². The Labute approximate surface area is 234 Å². The maximum atomic E-state index is 13.3. The van der Waals surface area contributed by atoms with E-state index in [2.05, 4.69) is 21.9 Å². The minimum Gasteiger partial charge on any atom is -0.495 e. The van der Waals surface area contributed by atoms with Crippen molar-refractivity contribution >= 4 is 39.9 Å². The second-order valence-electron chi connectivity index (χ2n) is 9.60. The van der Waals surface area contributed by atoms with Crippen molar-refractivity contribution in [1.29, 1.82) is 0 Å². The van der Waals surface area contributed by atoms with Gasteiger partial charge in [0.1, 0.15) is 12.4 Å². The van der Waals surface area contributed by atoms with Gasteiger partial charge in [-0.3, -0.25) is 14.6 Å². The summed E-state index contributed by atoms with van der Waals surface area (Å²) in [5, 5.41) is 8.75. The average molecular weight is 561 g/mol. The van der Waals surface area contributed by atoms with Crippen LogP contribution in [-0.4, -0.2) is 55.7 Å². The zero-order chi connectivity index (χ0) is 27.3. The number of fused-ring (bicyclic) bond motifs is 3. The molecule has 6 rings (SSSR count). The Kier molecular flexibility index (Phi) is 6.44. The lowest BCUT2D eigenvalue weighted by atomic mass is 9.95. The van der Waals surface area contributed by atoms with Crippen LogP contribution >= 0.6 is 22.9 Å². The molecule has 1 aromatic carbocycles. The van der Waals surface area contributed by atoms with Crippen LogP contribution in [0.1, 0.15) is 35.5 Å².